The molecule has 0 fully saturated rings. The molecule has 0 bridgehead atoms. The van der Waals surface area contributed by atoms with Crippen molar-refractivity contribution in [2.75, 3.05) is 6.54 Å². The number of aliphatic hydroxyl groups is 1. The first-order chi connectivity index (χ1) is 11.0. The van der Waals surface area contributed by atoms with Gasteiger partial charge in [-0.2, -0.15) is 13.2 Å². The number of halogens is 3. The van der Waals surface area contributed by atoms with Crippen molar-refractivity contribution in [1.29, 1.82) is 0 Å². The second-order valence-corrected chi connectivity index (χ2v) is 6.31. The number of carboxylic acids is 1. The number of aromatic nitrogens is 1. The van der Waals surface area contributed by atoms with Gasteiger partial charge in [0, 0.05) is 17.6 Å². The Hall–Kier alpha value is -1.68. The molecule has 1 heterocycles. The molecule has 136 valence electrons. The molecule has 2 unspecified atom stereocenters. The Balaban J connectivity index is 2.85. The summed E-state index contributed by atoms with van der Waals surface area (Å²) in [5.41, 5.74) is -3.11. The van der Waals surface area contributed by atoms with Crippen LogP contribution >= 0.6 is 11.3 Å². The van der Waals surface area contributed by atoms with Gasteiger partial charge in [0.05, 0.1) is 12.3 Å². The van der Waals surface area contributed by atoms with Crippen LogP contribution in [0.15, 0.2) is 5.38 Å². The lowest BCUT2D eigenvalue weighted by atomic mass is 9.98. The summed E-state index contributed by atoms with van der Waals surface area (Å²) >= 11 is 0.608. The summed E-state index contributed by atoms with van der Waals surface area (Å²) in [6.07, 6.45) is -5.53. The van der Waals surface area contributed by atoms with Crippen molar-refractivity contribution in [3.63, 3.8) is 0 Å². The highest BCUT2D eigenvalue weighted by Crippen LogP contribution is 2.42. The molecule has 0 spiro atoms. The predicted octanol–water partition coefficient (Wildman–Crippen LogP) is 2.21. The van der Waals surface area contributed by atoms with Gasteiger partial charge in [-0.15, -0.1) is 11.3 Å². The summed E-state index contributed by atoms with van der Waals surface area (Å²) < 4.78 is 39.8. The fourth-order valence-electron chi connectivity index (χ4n) is 2.03. The van der Waals surface area contributed by atoms with Gasteiger partial charge in [0.2, 0.25) is 11.5 Å². The van der Waals surface area contributed by atoms with Gasteiger partial charge in [-0.25, -0.2) is 4.98 Å². The van der Waals surface area contributed by atoms with Crippen LogP contribution in [0.5, 0.6) is 0 Å². The topological polar surface area (TPSA) is 99.5 Å². The molecular weight excluding hydrogens is 349 g/mol. The van der Waals surface area contributed by atoms with E-state index in [0.717, 1.165) is 0 Å². The number of hydrogen-bond acceptors (Lipinski definition) is 5. The van der Waals surface area contributed by atoms with Crippen molar-refractivity contribution in [2.45, 2.75) is 44.9 Å². The third-order valence-corrected chi connectivity index (χ3v) is 4.50. The van der Waals surface area contributed by atoms with Gasteiger partial charge in [-0.05, 0) is 13.3 Å². The molecule has 1 aromatic heterocycles. The van der Waals surface area contributed by atoms with Crippen LogP contribution in [0.2, 0.25) is 0 Å². The van der Waals surface area contributed by atoms with Crippen molar-refractivity contribution < 1.29 is 33.0 Å². The van der Waals surface area contributed by atoms with Crippen LogP contribution in [-0.4, -0.2) is 39.8 Å². The zero-order valence-electron chi connectivity index (χ0n) is 13.2. The molecule has 24 heavy (non-hydrogen) atoms. The number of thiazole rings is 1. The minimum absolute atomic E-state index is 0.283. The zero-order chi connectivity index (χ0) is 18.5. The van der Waals surface area contributed by atoms with Gasteiger partial charge in [0.25, 0.3) is 0 Å². The zero-order valence-corrected chi connectivity index (χ0v) is 14.0. The van der Waals surface area contributed by atoms with E-state index >= 15 is 0 Å². The number of nitrogens with zero attached hydrogens (tertiary/aromatic N) is 1. The molecule has 0 aromatic carbocycles. The number of amides is 1. The number of carboxylic acid groups (broad SMARTS) is 1. The number of carbonyl (C=O) groups is 2. The van der Waals surface area contributed by atoms with Crippen LogP contribution in [0.3, 0.4) is 0 Å². The van der Waals surface area contributed by atoms with Gasteiger partial charge in [0.1, 0.15) is 5.01 Å². The molecule has 0 aliphatic carbocycles. The smallest absolute Gasteiger partial charge is 0.424 e. The van der Waals surface area contributed by atoms with Crippen molar-refractivity contribution in [3.8, 4) is 0 Å². The first-order valence-corrected chi connectivity index (χ1v) is 8.10. The summed E-state index contributed by atoms with van der Waals surface area (Å²) in [7, 11) is 0. The molecule has 0 saturated heterocycles. The van der Waals surface area contributed by atoms with Gasteiger partial charge in [-0.1, -0.05) is 13.3 Å². The SMILES string of the molecule is CCCC(CNC(=O)CC(O)(c1nc(C)cs1)C(F)(F)F)C(=O)O. The van der Waals surface area contributed by atoms with Crippen molar-refractivity contribution in [3.05, 3.63) is 16.1 Å². The molecule has 0 aliphatic rings. The minimum Gasteiger partial charge on any atom is -0.481 e. The normalized spacial score (nSPS) is 15.6. The largest absolute Gasteiger partial charge is 0.481 e. The van der Waals surface area contributed by atoms with Crippen LogP contribution in [0.4, 0.5) is 13.2 Å². The Morgan fingerprint density at radius 2 is 2.04 bits per heavy atom. The highest BCUT2D eigenvalue weighted by atomic mass is 32.1. The van der Waals surface area contributed by atoms with Crippen LogP contribution in [-0.2, 0) is 15.2 Å². The van der Waals surface area contributed by atoms with Crippen molar-refractivity contribution in [1.82, 2.24) is 10.3 Å². The second-order valence-electron chi connectivity index (χ2n) is 5.46. The molecular formula is C14H19F3N2O4S. The Morgan fingerprint density at radius 1 is 1.42 bits per heavy atom. The number of nitrogens with one attached hydrogen (secondary N) is 1. The summed E-state index contributed by atoms with van der Waals surface area (Å²) in [6, 6.07) is 0. The minimum atomic E-state index is -5.09. The molecule has 1 rings (SSSR count). The highest BCUT2D eigenvalue weighted by Gasteiger charge is 2.58. The molecule has 0 radical (unpaired) electrons. The van der Waals surface area contributed by atoms with E-state index in [1.165, 1.54) is 12.3 Å². The maximum absolute atomic E-state index is 13.3. The summed E-state index contributed by atoms with van der Waals surface area (Å²) in [4.78, 5) is 26.4. The molecule has 3 N–H and O–H groups in total. The van der Waals surface area contributed by atoms with E-state index in [9.17, 15) is 27.9 Å². The Bertz CT molecular complexity index is 591. The summed E-state index contributed by atoms with van der Waals surface area (Å²) in [5, 5.41) is 21.9. The highest BCUT2D eigenvalue weighted by molar-refractivity contribution is 7.09. The van der Waals surface area contributed by atoms with Crippen LogP contribution in [0.25, 0.3) is 0 Å². The third kappa shape index (κ3) is 4.91. The predicted molar refractivity (Wildman–Crippen MR) is 80.5 cm³/mol. The van der Waals surface area contributed by atoms with E-state index in [2.05, 4.69) is 10.3 Å². The average Bonchev–Trinajstić information content (AvgIpc) is 2.88. The van der Waals surface area contributed by atoms with Crippen LogP contribution in [0, 0.1) is 12.8 Å². The van der Waals surface area contributed by atoms with E-state index in [1.807, 2.05) is 0 Å². The molecule has 10 heteroatoms. The first kappa shape index (κ1) is 20.4. The van der Waals surface area contributed by atoms with Crippen molar-refractivity contribution >= 4 is 23.2 Å². The van der Waals surface area contributed by atoms with E-state index in [0.29, 0.717) is 23.5 Å². The Kier molecular flexibility index (Phi) is 6.73. The van der Waals surface area contributed by atoms with E-state index in [4.69, 9.17) is 5.11 Å². The maximum atomic E-state index is 13.3. The number of aliphatic carboxylic acids is 1. The quantitative estimate of drug-likeness (QED) is 0.653. The van der Waals surface area contributed by atoms with E-state index in [1.54, 1.807) is 6.92 Å². The summed E-state index contributed by atoms with van der Waals surface area (Å²) in [5.74, 6) is -3.12. The number of carbonyl (C=O) groups excluding carboxylic acids is 1. The van der Waals surface area contributed by atoms with Gasteiger partial charge in [0.15, 0.2) is 0 Å². The monoisotopic (exact) mass is 368 g/mol. The third-order valence-electron chi connectivity index (χ3n) is 3.39. The fourth-order valence-corrected chi connectivity index (χ4v) is 2.95. The molecule has 0 aliphatic heterocycles. The van der Waals surface area contributed by atoms with E-state index < -0.39 is 41.0 Å². The van der Waals surface area contributed by atoms with Crippen molar-refractivity contribution in [2.24, 2.45) is 5.92 Å². The van der Waals surface area contributed by atoms with Gasteiger partial charge in [-0.3, -0.25) is 9.59 Å². The second kappa shape index (κ2) is 7.93. The Labute approximate surface area is 140 Å². The standard InChI is InChI=1S/C14H19F3N2O4S/c1-3-4-9(11(21)22)6-18-10(20)5-13(23,14(15,16)17)12-19-8(2)7-24-12/h7,9,23H,3-6H2,1-2H3,(H,18,20)(H,21,22). The van der Waals surface area contributed by atoms with Crippen LogP contribution < -0.4 is 5.32 Å². The summed E-state index contributed by atoms with van der Waals surface area (Å²) in [6.45, 7) is 2.93. The van der Waals surface area contributed by atoms with Crippen LogP contribution in [0.1, 0.15) is 36.9 Å². The number of hydrogen-bond donors (Lipinski definition) is 3. The first-order valence-electron chi connectivity index (χ1n) is 7.22. The fraction of sp³-hybridized carbons (Fsp3) is 0.643. The average molecular weight is 368 g/mol. The lowest BCUT2D eigenvalue weighted by molar-refractivity contribution is -0.267. The number of alkyl halides is 3. The van der Waals surface area contributed by atoms with Gasteiger partial charge >= 0.3 is 12.1 Å². The Morgan fingerprint density at radius 3 is 2.46 bits per heavy atom. The number of rotatable bonds is 8. The lowest BCUT2D eigenvalue weighted by Gasteiger charge is -2.28. The molecule has 1 aromatic rings. The lowest BCUT2D eigenvalue weighted by Crippen LogP contribution is -2.47. The van der Waals surface area contributed by atoms with E-state index in [-0.39, 0.29) is 13.0 Å². The number of aryl methyl sites for hydroxylation is 1. The molecule has 6 nitrogen and oxygen atoms in total. The molecule has 2 atom stereocenters. The van der Waals surface area contributed by atoms with Gasteiger partial charge < -0.3 is 15.5 Å². The molecule has 0 saturated carbocycles. The maximum Gasteiger partial charge on any atom is 0.424 e. The molecule has 1 amide bonds.